The van der Waals surface area contributed by atoms with Crippen LogP contribution in [0.15, 0.2) is 16.6 Å². The van der Waals surface area contributed by atoms with E-state index in [1.807, 2.05) is 0 Å². The molecule has 1 aliphatic carbocycles. The lowest BCUT2D eigenvalue weighted by Crippen LogP contribution is -2.33. The van der Waals surface area contributed by atoms with Gasteiger partial charge in [-0.3, -0.25) is 0 Å². The quantitative estimate of drug-likeness (QED) is 0.827. The number of hydrogen-bond donors (Lipinski definition) is 1. The summed E-state index contributed by atoms with van der Waals surface area (Å²) >= 11 is 3.78. The molecule has 1 unspecified atom stereocenters. The van der Waals surface area contributed by atoms with Crippen LogP contribution in [0.3, 0.4) is 0 Å². The fourth-order valence-electron chi connectivity index (χ4n) is 3.27. The SMILES string of the molecule is CC1(c2cc(Br)c3c(c2)CCCC3)CCCN1. The van der Waals surface area contributed by atoms with E-state index in [1.165, 1.54) is 48.6 Å². The molecule has 1 saturated heterocycles. The van der Waals surface area contributed by atoms with E-state index in [2.05, 4.69) is 40.3 Å². The van der Waals surface area contributed by atoms with Crippen LogP contribution in [-0.4, -0.2) is 6.54 Å². The molecule has 1 atom stereocenters. The number of nitrogens with one attached hydrogen (secondary N) is 1. The van der Waals surface area contributed by atoms with E-state index >= 15 is 0 Å². The number of hydrogen-bond acceptors (Lipinski definition) is 1. The predicted molar refractivity (Wildman–Crippen MR) is 75.4 cm³/mol. The summed E-state index contributed by atoms with van der Waals surface area (Å²) in [5.41, 5.74) is 4.81. The minimum absolute atomic E-state index is 0.203. The molecule has 0 saturated carbocycles. The zero-order valence-corrected chi connectivity index (χ0v) is 12.1. The fraction of sp³-hybridized carbons (Fsp3) is 0.600. The van der Waals surface area contributed by atoms with E-state index in [0.717, 1.165) is 6.54 Å². The maximum absolute atomic E-state index is 3.78. The molecule has 1 N–H and O–H groups in total. The monoisotopic (exact) mass is 293 g/mol. The van der Waals surface area contributed by atoms with Crippen molar-refractivity contribution in [2.24, 2.45) is 0 Å². The van der Waals surface area contributed by atoms with Gasteiger partial charge in [0, 0.05) is 10.0 Å². The first-order chi connectivity index (χ1) is 8.19. The molecule has 2 aliphatic rings. The summed E-state index contributed by atoms with van der Waals surface area (Å²) in [6.45, 7) is 3.50. The van der Waals surface area contributed by atoms with Gasteiger partial charge in [0.25, 0.3) is 0 Å². The average Bonchev–Trinajstić information content (AvgIpc) is 2.78. The molecule has 0 amide bonds. The minimum Gasteiger partial charge on any atom is -0.308 e. The number of rotatable bonds is 1. The summed E-state index contributed by atoms with van der Waals surface area (Å²) in [5.74, 6) is 0. The molecular weight excluding hydrogens is 274 g/mol. The zero-order valence-electron chi connectivity index (χ0n) is 10.5. The molecule has 0 bridgehead atoms. The van der Waals surface area contributed by atoms with Gasteiger partial charge in [0.05, 0.1) is 0 Å². The Hall–Kier alpha value is -0.340. The molecule has 17 heavy (non-hydrogen) atoms. The third-order valence-electron chi connectivity index (χ3n) is 4.42. The second-order valence-corrected chi connectivity index (χ2v) is 6.52. The van der Waals surface area contributed by atoms with E-state index in [1.54, 1.807) is 11.1 Å². The molecule has 0 aromatic heterocycles. The van der Waals surface area contributed by atoms with Crippen LogP contribution in [0.25, 0.3) is 0 Å². The Bertz CT molecular complexity index is 433. The van der Waals surface area contributed by atoms with Crippen molar-refractivity contribution < 1.29 is 0 Å². The topological polar surface area (TPSA) is 12.0 Å². The molecule has 1 aromatic carbocycles. The molecule has 1 aliphatic heterocycles. The molecule has 1 nitrogen and oxygen atoms in total. The molecule has 0 spiro atoms. The first-order valence-corrected chi connectivity index (χ1v) is 7.55. The Morgan fingerprint density at radius 2 is 2.00 bits per heavy atom. The van der Waals surface area contributed by atoms with Crippen LogP contribution in [0.4, 0.5) is 0 Å². The average molecular weight is 294 g/mol. The molecule has 3 rings (SSSR count). The lowest BCUT2D eigenvalue weighted by molar-refractivity contribution is 0.433. The van der Waals surface area contributed by atoms with Crippen molar-refractivity contribution >= 4 is 15.9 Å². The van der Waals surface area contributed by atoms with Crippen molar-refractivity contribution in [3.63, 3.8) is 0 Å². The fourth-order valence-corrected chi connectivity index (χ4v) is 3.97. The van der Waals surface area contributed by atoms with Crippen molar-refractivity contribution in [2.75, 3.05) is 6.54 Å². The van der Waals surface area contributed by atoms with E-state index < -0.39 is 0 Å². The number of aryl methyl sites for hydroxylation is 1. The lowest BCUT2D eigenvalue weighted by atomic mass is 9.84. The Labute approximate surface area is 112 Å². The highest BCUT2D eigenvalue weighted by Gasteiger charge is 2.31. The molecule has 1 heterocycles. The largest absolute Gasteiger partial charge is 0.308 e. The van der Waals surface area contributed by atoms with Crippen molar-refractivity contribution in [3.8, 4) is 0 Å². The van der Waals surface area contributed by atoms with Crippen LogP contribution in [0.1, 0.15) is 49.3 Å². The van der Waals surface area contributed by atoms with Gasteiger partial charge in [-0.15, -0.1) is 0 Å². The summed E-state index contributed by atoms with van der Waals surface area (Å²) < 4.78 is 1.33. The highest BCUT2D eigenvalue weighted by Crippen LogP contribution is 2.36. The zero-order chi connectivity index (χ0) is 11.9. The van der Waals surface area contributed by atoms with E-state index in [-0.39, 0.29) is 5.54 Å². The van der Waals surface area contributed by atoms with Gasteiger partial charge >= 0.3 is 0 Å². The van der Waals surface area contributed by atoms with Crippen LogP contribution in [0, 0.1) is 0 Å². The van der Waals surface area contributed by atoms with Crippen LogP contribution in [0.2, 0.25) is 0 Å². The second-order valence-electron chi connectivity index (χ2n) is 5.67. The van der Waals surface area contributed by atoms with Crippen LogP contribution >= 0.6 is 15.9 Å². The standard InChI is InChI=1S/C15H20BrN/c1-15(7-4-8-17-15)12-9-11-5-2-3-6-13(11)14(16)10-12/h9-10,17H,2-8H2,1H3. The predicted octanol–water partition coefficient (Wildman–Crippen LogP) is 3.93. The lowest BCUT2D eigenvalue weighted by Gasteiger charge is -2.28. The molecule has 1 fully saturated rings. The molecule has 2 heteroatoms. The van der Waals surface area contributed by atoms with Gasteiger partial charge in [-0.05, 0) is 74.8 Å². The normalized spacial score (nSPS) is 28.1. The van der Waals surface area contributed by atoms with Gasteiger partial charge in [-0.25, -0.2) is 0 Å². The van der Waals surface area contributed by atoms with Crippen molar-refractivity contribution in [1.29, 1.82) is 0 Å². The maximum Gasteiger partial charge on any atom is 0.0407 e. The third-order valence-corrected chi connectivity index (χ3v) is 5.12. The summed E-state index contributed by atoms with van der Waals surface area (Å²) in [6.07, 6.45) is 7.77. The van der Waals surface area contributed by atoms with Crippen molar-refractivity contribution in [3.05, 3.63) is 33.3 Å². The van der Waals surface area contributed by atoms with E-state index in [0.29, 0.717) is 0 Å². The summed E-state index contributed by atoms with van der Waals surface area (Å²) in [7, 11) is 0. The second kappa shape index (κ2) is 4.40. The molecule has 92 valence electrons. The smallest absolute Gasteiger partial charge is 0.0407 e. The van der Waals surface area contributed by atoms with Gasteiger partial charge in [-0.1, -0.05) is 22.0 Å². The Morgan fingerprint density at radius 1 is 1.18 bits per heavy atom. The molecular formula is C15H20BrN. The molecule has 0 radical (unpaired) electrons. The summed E-state index contributed by atoms with van der Waals surface area (Å²) in [6, 6.07) is 4.81. The van der Waals surface area contributed by atoms with Crippen LogP contribution in [0.5, 0.6) is 0 Å². The summed E-state index contributed by atoms with van der Waals surface area (Å²) in [4.78, 5) is 0. The van der Waals surface area contributed by atoms with Gasteiger partial charge < -0.3 is 5.32 Å². The first-order valence-electron chi connectivity index (χ1n) is 6.76. The summed E-state index contributed by atoms with van der Waals surface area (Å²) in [5, 5.41) is 3.66. The third kappa shape index (κ3) is 2.06. The van der Waals surface area contributed by atoms with E-state index in [4.69, 9.17) is 0 Å². The Balaban J connectivity index is 2.04. The highest BCUT2D eigenvalue weighted by molar-refractivity contribution is 9.10. The van der Waals surface area contributed by atoms with Crippen LogP contribution in [-0.2, 0) is 18.4 Å². The Kier molecular flexibility index (Phi) is 3.04. The highest BCUT2D eigenvalue weighted by atomic mass is 79.9. The van der Waals surface area contributed by atoms with Gasteiger partial charge in [-0.2, -0.15) is 0 Å². The first kappa shape index (κ1) is 11.7. The molecule has 1 aromatic rings. The van der Waals surface area contributed by atoms with Crippen LogP contribution < -0.4 is 5.32 Å². The number of benzene rings is 1. The minimum atomic E-state index is 0.203. The van der Waals surface area contributed by atoms with Gasteiger partial charge in [0.2, 0.25) is 0 Å². The van der Waals surface area contributed by atoms with Gasteiger partial charge in [0.1, 0.15) is 0 Å². The van der Waals surface area contributed by atoms with Crippen molar-refractivity contribution in [2.45, 2.75) is 51.0 Å². The van der Waals surface area contributed by atoms with Gasteiger partial charge in [0.15, 0.2) is 0 Å². The maximum atomic E-state index is 3.78. The number of halogens is 1. The number of fused-ring (bicyclic) bond motifs is 1. The van der Waals surface area contributed by atoms with E-state index in [9.17, 15) is 0 Å². The Morgan fingerprint density at radius 3 is 2.76 bits per heavy atom. The van der Waals surface area contributed by atoms with Crippen molar-refractivity contribution in [1.82, 2.24) is 5.32 Å².